The largest absolute Gasteiger partial charge is 0.496 e. The second-order valence-corrected chi connectivity index (χ2v) is 7.95. The zero-order chi connectivity index (χ0) is 21.7. The predicted octanol–water partition coefficient (Wildman–Crippen LogP) is 4.96. The number of halogens is 1. The molecule has 7 nitrogen and oxygen atoms in total. The van der Waals surface area contributed by atoms with E-state index < -0.39 is 18.5 Å². The lowest BCUT2D eigenvalue weighted by Gasteiger charge is -2.12. The average molecular weight is 492 g/mol. The van der Waals surface area contributed by atoms with Gasteiger partial charge in [0, 0.05) is 17.8 Å². The minimum atomic E-state index is -1.19. The van der Waals surface area contributed by atoms with Crippen molar-refractivity contribution in [2.45, 2.75) is 6.54 Å². The molecule has 3 rings (SSSR count). The number of anilines is 1. The van der Waals surface area contributed by atoms with Crippen LogP contribution in [0.1, 0.15) is 15.2 Å². The summed E-state index contributed by atoms with van der Waals surface area (Å²) in [5.41, 5.74) is 2.59. The molecule has 9 heteroatoms. The van der Waals surface area contributed by atoms with Gasteiger partial charge in [0.15, 0.2) is 17.2 Å². The van der Waals surface area contributed by atoms with Crippen LogP contribution in [0, 0.1) is 0 Å². The van der Waals surface area contributed by atoms with Gasteiger partial charge in [-0.2, -0.15) is 0 Å². The van der Waals surface area contributed by atoms with Crippen molar-refractivity contribution in [1.29, 1.82) is 0 Å². The maximum absolute atomic E-state index is 11.6. The van der Waals surface area contributed by atoms with Crippen molar-refractivity contribution in [1.82, 2.24) is 0 Å². The Morgan fingerprint density at radius 3 is 2.50 bits per heavy atom. The van der Waals surface area contributed by atoms with Crippen molar-refractivity contribution < 1.29 is 29.3 Å². The molecule has 0 saturated heterocycles. The fourth-order valence-electron chi connectivity index (χ4n) is 2.80. The molecule has 0 aliphatic carbocycles. The Balaban J connectivity index is 1.96. The normalized spacial score (nSPS) is 10.5. The lowest BCUT2D eigenvalue weighted by molar-refractivity contribution is -0.139. The number of hydrogen-bond donors (Lipinski definition) is 3. The lowest BCUT2D eigenvalue weighted by atomic mass is 10.1. The van der Waals surface area contributed by atoms with E-state index in [1.807, 2.05) is 48.5 Å². The molecule has 1 aromatic heterocycles. The number of hydrogen-bond acceptors (Lipinski definition) is 6. The Kier molecular flexibility index (Phi) is 6.96. The molecule has 0 aliphatic heterocycles. The van der Waals surface area contributed by atoms with Crippen LogP contribution in [-0.2, 0) is 11.3 Å². The van der Waals surface area contributed by atoms with E-state index in [1.54, 1.807) is 7.11 Å². The molecule has 0 spiro atoms. The molecular formula is C21H18BrNO6S. The Labute approximate surface area is 185 Å². The number of nitrogens with one attached hydrogen (secondary N) is 1. The fourth-order valence-corrected chi connectivity index (χ4v) is 4.68. The molecule has 30 heavy (non-hydrogen) atoms. The van der Waals surface area contributed by atoms with E-state index in [1.165, 1.54) is 0 Å². The van der Waals surface area contributed by atoms with Crippen molar-refractivity contribution in [3.63, 3.8) is 0 Å². The van der Waals surface area contributed by atoms with Crippen LogP contribution in [0.5, 0.6) is 11.5 Å². The highest BCUT2D eigenvalue weighted by molar-refractivity contribution is 9.10. The van der Waals surface area contributed by atoms with E-state index >= 15 is 0 Å². The highest BCUT2D eigenvalue weighted by Gasteiger charge is 2.24. The Hall–Kier alpha value is -3.04. The molecule has 0 fully saturated rings. The van der Waals surface area contributed by atoms with Gasteiger partial charge in [0.25, 0.3) is 0 Å². The molecule has 0 radical (unpaired) electrons. The number of aliphatic carboxylic acids is 1. The molecule has 2 aromatic carbocycles. The average Bonchev–Trinajstić information content (AvgIpc) is 3.07. The molecule has 1 heterocycles. The van der Waals surface area contributed by atoms with Gasteiger partial charge in [-0.3, -0.25) is 0 Å². The number of carboxylic acid groups (broad SMARTS) is 2. The summed E-state index contributed by atoms with van der Waals surface area (Å²) in [6.07, 6.45) is 0. The number of carbonyl (C=O) groups is 2. The van der Waals surface area contributed by atoms with Gasteiger partial charge < -0.3 is 25.0 Å². The maximum atomic E-state index is 11.6. The number of thiophene rings is 1. The lowest BCUT2D eigenvalue weighted by Crippen LogP contribution is -2.11. The SMILES string of the molecule is COc1ccc(-c2sc(C(=O)O)c(OCC(=O)O)c2Br)cc1CNc1ccccc1. The third kappa shape index (κ3) is 4.92. The first-order valence-corrected chi connectivity index (χ1v) is 10.4. The van der Waals surface area contributed by atoms with E-state index in [4.69, 9.17) is 14.6 Å². The molecular weight excluding hydrogens is 474 g/mol. The minimum Gasteiger partial charge on any atom is -0.496 e. The van der Waals surface area contributed by atoms with Crippen molar-refractivity contribution in [2.75, 3.05) is 19.0 Å². The van der Waals surface area contributed by atoms with Crippen LogP contribution < -0.4 is 14.8 Å². The van der Waals surface area contributed by atoms with Gasteiger partial charge in [0.1, 0.15) is 5.75 Å². The Morgan fingerprint density at radius 2 is 1.87 bits per heavy atom. The van der Waals surface area contributed by atoms with Crippen LogP contribution in [0.4, 0.5) is 5.69 Å². The smallest absolute Gasteiger partial charge is 0.349 e. The van der Waals surface area contributed by atoms with E-state index in [9.17, 15) is 14.7 Å². The summed E-state index contributed by atoms with van der Waals surface area (Å²) >= 11 is 4.39. The molecule has 0 unspecified atom stereocenters. The number of para-hydroxylation sites is 1. The van der Waals surface area contributed by atoms with Gasteiger partial charge in [-0.1, -0.05) is 18.2 Å². The number of aromatic carboxylic acids is 1. The van der Waals surface area contributed by atoms with E-state index in [-0.39, 0.29) is 10.6 Å². The van der Waals surface area contributed by atoms with Gasteiger partial charge in [0.2, 0.25) is 0 Å². The molecule has 0 aliphatic rings. The zero-order valence-electron chi connectivity index (χ0n) is 15.8. The summed E-state index contributed by atoms with van der Waals surface area (Å²) in [5.74, 6) is -1.68. The zero-order valence-corrected chi connectivity index (χ0v) is 18.2. The van der Waals surface area contributed by atoms with E-state index in [0.717, 1.165) is 28.2 Å². The van der Waals surface area contributed by atoms with Gasteiger partial charge >= 0.3 is 11.9 Å². The summed E-state index contributed by atoms with van der Waals surface area (Å²) in [4.78, 5) is 23.0. The number of ether oxygens (including phenoxy) is 2. The first kappa shape index (κ1) is 21.7. The van der Waals surface area contributed by atoms with Gasteiger partial charge in [-0.15, -0.1) is 11.3 Å². The van der Waals surface area contributed by atoms with Crippen molar-refractivity contribution in [3.05, 3.63) is 63.4 Å². The molecule has 0 amide bonds. The predicted molar refractivity (Wildman–Crippen MR) is 118 cm³/mol. The van der Waals surface area contributed by atoms with Gasteiger partial charge in [-0.05, 0) is 51.8 Å². The minimum absolute atomic E-state index is 0.00433. The van der Waals surface area contributed by atoms with Crippen LogP contribution in [0.3, 0.4) is 0 Å². The molecule has 0 bridgehead atoms. The Bertz CT molecular complexity index is 1070. The summed E-state index contributed by atoms with van der Waals surface area (Å²) in [6, 6.07) is 15.2. The standard InChI is InChI=1S/C21H18BrNO6S/c1-28-15-8-7-12(9-13(15)10-23-14-5-3-2-4-6-14)19-17(22)18(29-11-16(24)25)20(30-19)21(26)27/h2-9,23H,10-11H2,1H3,(H,24,25)(H,26,27). The first-order chi connectivity index (χ1) is 14.4. The summed E-state index contributed by atoms with van der Waals surface area (Å²) in [5, 5.41) is 21.7. The quantitative estimate of drug-likeness (QED) is 0.388. The summed E-state index contributed by atoms with van der Waals surface area (Å²) in [7, 11) is 1.59. The highest BCUT2D eigenvalue weighted by atomic mass is 79.9. The second kappa shape index (κ2) is 9.64. The van der Waals surface area contributed by atoms with Crippen LogP contribution in [0.25, 0.3) is 10.4 Å². The summed E-state index contributed by atoms with van der Waals surface area (Å²) < 4.78 is 11.1. The topological polar surface area (TPSA) is 105 Å². The molecule has 0 atom stereocenters. The third-order valence-electron chi connectivity index (χ3n) is 4.14. The molecule has 156 valence electrons. The van der Waals surface area contributed by atoms with E-state index in [0.29, 0.717) is 21.6 Å². The molecule has 3 N–H and O–H groups in total. The van der Waals surface area contributed by atoms with Gasteiger partial charge in [-0.25, -0.2) is 9.59 Å². The summed E-state index contributed by atoms with van der Waals surface area (Å²) in [6.45, 7) is -0.137. The van der Waals surface area contributed by atoms with Crippen LogP contribution >= 0.6 is 27.3 Å². The van der Waals surface area contributed by atoms with Crippen LogP contribution in [-0.4, -0.2) is 35.9 Å². The first-order valence-electron chi connectivity index (χ1n) is 8.77. The molecule has 3 aromatic rings. The maximum Gasteiger partial charge on any atom is 0.349 e. The molecule has 0 saturated carbocycles. The van der Waals surface area contributed by atoms with Crippen LogP contribution in [0.2, 0.25) is 0 Å². The number of carboxylic acids is 2. The van der Waals surface area contributed by atoms with Crippen molar-refractivity contribution in [3.8, 4) is 21.9 Å². The second-order valence-electron chi connectivity index (χ2n) is 6.14. The van der Waals surface area contributed by atoms with Crippen LogP contribution in [0.15, 0.2) is 53.0 Å². The van der Waals surface area contributed by atoms with Crippen molar-refractivity contribution in [2.24, 2.45) is 0 Å². The third-order valence-corrected chi connectivity index (χ3v) is 6.37. The number of methoxy groups -OCH3 is 1. The monoisotopic (exact) mass is 491 g/mol. The van der Waals surface area contributed by atoms with E-state index in [2.05, 4.69) is 21.2 Å². The number of benzene rings is 2. The Morgan fingerprint density at radius 1 is 1.13 bits per heavy atom. The fraction of sp³-hybridized carbons (Fsp3) is 0.143. The van der Waals surface area contributed by atoms with Crippen molar-refractivity contribution >= 4 is 44.9 Å². The van der Waals surface area contributed by atoms with Gasteiger partial charge in [0.05, 0.1) is 16.5 Å². The highest BCUT2D eigenvalue weighted by Crippen LogP contribution is 2.46. The number of rotatable bonds is 9.